The molecular weight excluding hydrogens is 190 g/mol. The first kappa shape index (κ1) is 10.7. The fraction of sp³-hybridized carbons (Fsp3) is 0.667. The normalized spacial score (nSPS) is 28.2. The standard InChI is InChI=1S/C12H19NO2/c1-8-4-6-10(14-8)12(13-3)11-7-5-9(2)15-11/h4,6,9,11-13H,5,7H2,1-3H3. The molecule has 1 N–H and O–H groups in total. The fourth-order valence-corrected chi connectivity index (χ4v) is 2.21. The van der Waals surface area contributed by atoms with Crippen molar-refractivity contribution in [2.24, 2.45) is 0 Å². The van der Waals surface area contributed by atoms with Crippen LogP contribution in [0.4, 0.5) is 0 Å². The van der Waals surface area contributed by atoms with Crippen molar-refractivity contribution in [3.05, 3.63) is 23.7 Å². The Kier molecular flexibility index (Phi) is 3.12. The van der Waals surface area contributed by atoms with Gasteiger partial charge in [-0.15, -0.1) is 0 Å². The SMILES string of the molecule is CNC(c1ccc(C)o1)C1CCC(C)O1. The van der Waals surface area contributed by atoms with Crippen LogP contribution in [0.2, 0.25) is 0 Å². The van der Waals surface area contributed by atoms with Crippen LogP contribution >= 0.6 is 0 Å². The molecule has 0 spiro atoms. The van der Waals surface area contributed by atoms with E-state index in [1.54, 1.807) is 0 Å². The summed E-state index contributed by atoms with van der Waals surface area (Å²) >= 11 is 0. The number of ether oxygens (including phenoxy) is 1. The molecule has 84 valence electrons. The molecule has 1 aromatic rings. The third-order valence-electron chi connectivity index (χ3n) is 3.02. The van der Waals surface area contributed by atoms with Gasteiger partial charge >= 0.3 is 0 Å². The van der Waals surface area contributed by atoms with Gasteiger partial charge in [-0.3, -0.25) is 0 Å². The molecule has 15 heavy (non-hydrogen) atoms. The lowest BCUT2D eigenvalue weighted by Crippen LogP contribution is -2.29. The molecule has 3 heteroatoms. The van der Waals surface area contributed by atoms with Crippen molar-refractivity contribution in [1.82, 2.24) is 5.32 Å². The predicted octanol–water partition coefficient (Wildman–Crippen LogP) is 2.42. The zero-order valence-electron chi connectivity index (χ0n) is 9.62. The lowest BCUT2D eigenvalue weighted by Gasteiger charge is -2.21. The number of furan rings is 1. The summed E-state index contributed by atoms with van der Waals surface area (Å²) in [5, 5.41) is 3.28. The van der Waals surface area contributed by atoms with E-state index in [1.807, 2.05) is 26.1 Å². The van der Waals surface area contributed by atoms with Gasteiger partial charge in [0.25, 0.3) is 0 Å². The van der Waals surface area contributed by atoms with Gasteiger partial charge in [0.1, 0.15) is 11.5 Å². The van der Waals surface area contributed by atoms with Gasteiger partial charge < -0.3 is 14.5 Å². The van der Waals surface area contributed by atoms with Crippen molar-refractivity contribution in [3.8, 4) is 0 Å². The van der Waals surface area contributed by atoms with Crippen molar-refractivity contribution >= 4 is 0 Å². The Morgan fingerprint density at radius 2 is 2.20 bits per heavy atom. The largest absolute Gasteiger partial charge is 0.465 e. The lowest BCUT2D eigenvalue weighted by atomic mass is 10.1. The third-order valence-corrected chi connectivity index (χ3v) is 3.02. The van der Waals surface area contributed by atoms with Crippen molar-refractivity contribution in [2.75, 3.05) is 7.05 Å². The average Bonchev–Trinajstić information content (AvgIpc) is 2.78. The minimum Gasteiger partial charge on any atom is -0.465 e. The van der Waals surface area contributed by atoms with Gasteiger partial charge in [-0.05, 0) is 45.9 Å². The maximum atomic E-state index is 5.86. The van der Waals surface area contributed by atoms with E-state index in [-0.39, 0.29) is 12.1 Å². The van der Waals surface area contributed by atoms with Gasteiger partial charge in [-0.2, -0.15) is 0 Å². The van der Waals surface area contributed by atoms with E-state index in [0.717, 1.165) is 24.4 Å². The Labute approximate surface area is 90.8 Å². The van der Waals surface area contributed by atoms with Crippen LogP contribution in [0, 0.1) is 6.92 Å². The average molecular weight is 209 g/mol. The van der Waals surface area contributed by atoms with E-state index in [2.05, 4.69) is 12.2 Å². The van der Waals surface area contributed by atoms with Gasteiger partial charge in [0, 0.05) is 0 Å². The van der Waals surface area contributed by atoms with Crippen molar-refractivity contribution in [2.45, 2.75) is 44.9 Å². The van der Waals surface area contributed by atoms with Crippen LogP contribution in [0.25, 0.3) is 0 Å². The van der Waals surface area contributed by atoms with E-state index < -0.39 is 0 Å². The highest BCUT2D eigenvalue weighted by Gasteiger charge is 2.31. The molecule has 0 saturated carbocycles. The number of nitrogens with one attached hydrogen (secondary N) is 1. The highest BCUT2D eigenvalue weighted by atomic mass is 16.5. The summed E-state index contributed by atoms with van der Waals surface area (Å²) in [5.74, 6) is 1.94. The molecule has 1 saturated heterocycles. The zero-order chi connectivity index (χ0) is 10.8. The Hall–Kier alpha value is -0.800. The molecule has 0 radical (unpaired) electrons. The fourth-order valence-electron chi connectivity index (χ4n) is 2.21. The van der Waals surface area contributed by atoms with Crippen LogP contribution < -0.4 is 5.32 Å². The van der Waals surface area contributed by atoms with Gasteiger partial charge in [0.2, 0.25) is 0 Å². The Balaban J connectivity index is 2.10. The van der Waals surface area contributed by atoms with E-state index in [0.29, 0.717) is 6.10 Å². The Morgan fingerprint density at radius 1 is 1.40 bits per heavy atom. The molecule has 0 bridgehead atoms. The van der Waals surface area contributed by atoms with Crippen LogP contribution in [0.1, 0.15) is 37.3 Å². The lowest BCUT2D eigenvalue weighted by molar-refractivity contribution is 0.0284. The van der Waals surface area contributed by atoms with Crippen molar-refractivity contribution in [3.63, 3.8) is 0 Å². The van der Waals surface area contributed by atoms with E-state index in [9.17, 15) is 0 Å². The molecule has 0 aliphatic carbocycles. The summed E-state index contributed by atoms with van der Waals surface area (Å²) < 4.78 is 11.5. The Bertz CT molecular complexity index is 321. The molecule has 3 atom stereocenters. The molecule has 3 unspecified atom stereocenters. The summed E-state index contributed by atoms with van der Waals surface area (Å²) in [7, 11) is 1.95. The van der Waals surface area contributed by atoms with Gasteiger partial charge in [-0.25, -0.2) is 0 Å². The molecule has 2 heterocycles. The van der Waals surface area contributed by atoms with E-state index in [4.69, 9.17) is 9.15 Å². The molecule has 0 amide bonds. The van der Waals surface area contributed by atoms with Crippen LogP contribution in [-0.4, -0.2) is 19.3 Å². The molecule has 0 aromatic carbocycles. The zero-order valence-corrected chi connectivity index (χ0v) is 9.62. The second kappa shape index (κ2) is 4.37. The topological polar surface area (TPSA) is 34.4 Å². The van der Waals surface area contributed by atoms with Crippen LogP contribution in [-0.2, 0) is 4.74 Å². The van der Waals surface area contributed by atoms with Crippen LogP contribution in [0.15, 0.2) is 16.5 Å². The first-order valence-corrected chi connectivity index (χ1v) is 5.59. The van der Waals surface area contributed by atoms with Crippen LogP contribution in [0.5, 0.6) is 0 Å². The number of hydrogen-bond acceptors (Lipinski definition) is 3. The maximum Gasteiger partial charge on any atom is 0.123 e. The summed E-state index contributed by atoms with van der Waals surface area (Å²) in [4.78, 5) is 0. The van der Waals surface area contributed by atoms with Gasteiger partial charge in [0.15, 0.2) is 0 Å². The first-order chi connectivity index (χ1) is 7.20. The second-order valence-electron chi connectivity index (χ2n) is 4.28. The molecular formula is C12H19NO2. The van der Waals surface area contributed by atoms with Gasteiger partial charge in [-0.1, -0.05) is 0 Å². The smallest absolute Gasteiger partial charge is 0.123 e. The molecule has 1 fully saturated rings. The molecule has 3 nitrogen and oxygen atoms in total. The van der Waals surface area contributed by atoms with Crippen molar-refractivity contribution < 1.29 is 9.15 Å². The predicted molar refractivity (Wildman–Crippen MR) is 58.8 cm³/mol. The van der Waals surface area contributed by atoms with E-state index >= 15 is 0 Å². The summed E-state index contributed by atoms with van der Waals surface area (Å²) in [6, 6.07) is 4.21. The monoisotopic (exact) mass is 209 g/mol. The number of likely N-dealkylation sites (N-methyl/N-ethyl adjacent to an activating group) is 1. The van der Waals surface area contributed by atoms with Crippen LogP contribution in [0.3, 0.4) is 0 Å². The highest BCUT2D eigenvalue weighted by Crippen LogP contribution is 2.30. The summed E-state index contributed by atoms with van der Waals surface area (Å²) in [5.41, 5.74) is 0. The number of rotatable bonds is 3. The molecule has 1 aliphatic rings. The summed E-state index contributed by atoms with van der Waals surface area (Å²) in [6.07, 6.45) is 2.87. The third kappa shape index (κ3) is 2.24. The van der Waals surface area contributed by atoms with Gasteiger partial charge in [0.05, 0.1) is 18.2 Å². The van der Waals surface area contributed by atoms with E-state index in [1.165, 1.54) is 0 Å². The minimum atomic E-state index is 0.184. The minimum absolute atomic E-state index is 0.184. The Morgan fingerprint density at radius 3 is 2.67 bits per heavy atom. The molecule has 1 aromatic heterocycles. The maximum absolute atomic E-state index is 5.86. The number of aryl methyl sites for hydroxylation is 1. The molecule has 1 aliphatic heterocycles. The van der Waals surface area contributed by atoms with Crippen molar-refractivity contribution in [1.29, 1.82) is 0 Å². The number of hydrogen-bond donors (Lipinski definition) is 1. The first-order valence-electron chi connectivity index (χ1n) is 5.59. The molecule has 2 rings (SSSR count). The summed E-state index contributed by atoms with van der Waals surface area (Å²) in [6.45, 7) is 4.09. The second-order valence-corrected chi connectivity index (χ2v) is 4.28. The highest BCUT2D eigenvalue weighted by molar-refractivity contribution is 5.11. The quantitative estimate of drug-likeness (QED) is 0.830.